The van der Waals surface area contributed by atoms with Crippen molar-refractivity contribution in [1.29, 1.82) is 0 Å². The molecule has 8 heteroatoms. The summed E-state index contributed by atoms with van der Waals surface area (Å²) >= 11 is 6.12. The summed E-state index contributed by atoms with van der Waals surface area (Å²) in [4.78, 5) is 30.0. The third-order valence-electron chi connectivity index (χ3n) is 6.89. The zero-order valence-electron chi connectivity index (χ0n) is 19.3. The van der Waals surface area contributed by atoms with E-state index < -0.39 is 0 Å². The lowest BCUT2D eigenvalue weighted by Gasteiger charge is -2.42. The molecule has 178 valence electrons. The molecule has 7 nitrogen and oxygen atoms in total. The number of ether oxygens (including phenoxy) is 1. The van der Waals surface area contributed by atoms with Gasteiger partial charge in [0.25, 0.3) is 5.91 Å². The van der Waals surface area contributed by atoms with Gasteiger partial charge < -0.3 is 14.5 Å². The van der Waals surface area contributed by atoms with E-state index in [9.17, 15) is 9.59 Å². The molecule has 0 atom stereocenters. The highest BCUT2D eigenvalue weighted by atomic mass is 35.5. The van der Waals surface area contributed by atoms with E-state index in [0.29, 0.717) is 42.5 Å². The molecule has 0 bridgehead atoms. The van der Waals surface area contributed by atoms with Crippen molar-refractivity contribution in [2.24, 2.45) is 5.41 Å². The number of carbonyl (C=O) groups excluding carboxylic acids is 2. The number of halogens is 1. The van der Waals surface area contributed by atoms with Crippen molar-refractivity contribution in [3.8, 4) is 5.75 Å². The van der Waals surface area contributed by atoms with E-state index in [1.807, 2.05) is 34.9 Å². The molecule has 2 saturated heterocycles. The second-order valence-corrected chi connectivity index (χ2v) is 9.68. The summed E-state index contributed by atoms with van der Waals surface area (Å²) in [6, 6.07) is 7.36. The molecule has 2 amide bonds. The molecule has 2 fully saturated rings. The van der Waals surface area contributed by atoms with Crippen LogP contribution in [0.25, 0.3) is 0 Å². The van der Waals surface area contributed by atoms with Crippen LogP contribution < -0.4 is 4.74 Å². The Bertz CT molecular complexity index is 962. The number of nitrogens with zero attached hydrogens (tertiary/aromatic N) is 4. The van der Waals surface area contributed by atoms with E-state index >= 15 is 0 Å². The second-order valence-electron chi connectivity index (χ2n) is 9.24. The maximum Gasteiger partial charge on any atom is 0.257 e. The maximum absolute atomic E-state index is 13.2. The molecule has 2 aromatic rings. The fraction of sp³-hybridized carbons (Fsp3) is 0.560. The number of aryl methyl sites for hydroxylation is 1. The van der Waals surface area contributed by atoms with Gasteiger partial charge in [-0.3, -0.25) is 14.3 Å². The first kappa shape index (κ1) is 23.6. The highest BCUT2D eigenvalue weighted by Gasteiger charge is 2.40. The van der Waals surface area contributed by atoms with Crippen molar-refractivity contribution in [3.05, 3.63) is 47.2 Å². The molecule has 0 saturated carbocycles. The number of benzene rings is 1. The van der Waals surface area contributed by atoms with Crippen molar-refractivity contribution in [2.75, 3.05) is 32.8 Å². The van der Waals surface area contributed by atoms with Crippen LogP contribution in [0.3, 0.4) is 0 Å². The van der Waals surface area contributed by atoms with Crippen LogP contribution in [0.2, 0.25) is 5.02 Å². The molecule has 0 aliphatic carbocycles. The van der Waals surface area contributed by atoms with Crippen LogP contribution in [0.1, 0.15) is 55.8 Å². The van der Waals surface area contributed by atoms with Crippen molar-refractivity contribution in [2.45, 2.75) is 52.0 Å². The number of likely N-dealkylation sites (tertiary alicyclic amines) is 2. The highest BCUT2D eigenvalue weighted by molar-refractivity contribution is 6.30. The van der Waals surface area contributed by atoms with Gasteiger partial charge >= 0.3 is 0 Å². The van der Waals surface area contributed by atoms with Gasteiger partial charge in [0.05, 0.1) is 18.4 Å². The molecule has 4 rings (SSSR count). The maximum atomic E-state index is 13.2. The van der Waals surface area contributed by atoms with Gasteiger partial charge in [0, 0.05) is 55.8 Å². The minimum atomic E-state index is -0.304. The summed E-state index contributed by atoms with van der Waals surface area (Å²) in [6.45, 7) is 6.05. The second kappa shape index (κ2) is 10.6. The summed E-state index contributed by atoms with van der Waals surface area (Å²) < 4.78 is 7.91. The highest BCUT2D eigenvalue weighted by Crippen LogP contribution is 2.37. The van der Waals surface area contributed by atoms with E-state index in [0.717, 1.165) is 45.3 Å². The predicted molar refractivity (Wildman–Crippen MR) is 127 cm³/mol. The van der Waals surface area contributed by atoms with Gasteiger partial charge in [0.1, 0.15) is 5.75 Å². The van der Waals surface area contributed by atoms with Crippen molar-refractivity contribution in [1.82, 2.24) is 19.6 Å². The number of aromatic nitrogens is 2. The molecule has 33 heavy (non-hydrogen) atoms. The third-order valence-corrected chi connectivity index (χ3v) is 7.13. The number of hydrogen-bond acceptors (Lipinski definition) is 4. The smallest absolute Gasteiger partial charge is 0.257 e. The molecule has 2 aliphatic rings. The number of amides is 2. The van der Waals surface area contributed by atoms with Crippen LogP contribution in [0.4, 0.5) is 0 Å². The minimum absolute atomic E-state index is 0.00131. The first-order valence-corrected chi connectivity index (χ1v) is 12.3. The van der Waals surface area contributed by atoms with E-state index in [1.165, 1.54) is 6.42 Å². The average Bonchev–Trinajstić information content (AvgIpc) is 3.33. The van der Waals surface area contributed by atoms with Gasteiger partial charge in [-0.2, -0.15) is 5.10 Å². The monoisotopic (exact) mass is 472 g/mol. The molecule has 0 radical (unpaired) electrons. The Morgan fingerprint density at radius 2 is 1.85 bits per heavy atom. The number of piperidine rings is 2. The van der Waals surface area contributed by atoms with E-state index in [2.05, 4.69) is 5.10 Å². The summed E-state index contributed by atoms with van der Waals surface area (Å²) in [6.07, 6.45) is 8.67. The molecular weight excluding hydrogens is 440 g/mol. The van der Waals surface area contributed by atoms with Gasteiger partial charge in [0.15, 0.2) is 0 Å². The molecule has 1 aromatic heterocycles. The lowest BCUT2D eigenvalue weighted by molar-refractivity contribution is -0.136. The zero-order chi connectivity index (χ0) is 23.3. The fourth-order valence-electron chi connectivity index (χ4n) is 4.75. The number of rotatable bonds is 7. The van der Waals surface area contributed by atoms with Gasteiger partial charge in [-0.1, -0.05) is 17.7 Å². The largest absolute Gasteiger partial charge is 0.493 e. The standard InChI is InChI=1S/C25H33ClN4O3/c1-2-30-18-20(17-27-30)24(32)29-13-9-25(10-14-29,16-23(31)28-11-4-3-5-12-28)19-33-22-8-6-7-21(26)15-22/h6-8,15,17-18H,2-5,9-14,16,19H2,1H3. The Balaban J connectivity index is 1.44. The summed E-state index contributed by atoms with van der Waals surface area (Å²) in [7, 11) is 0. The van der Waals surface area contributed by atoms with Crippen molar-refractivity contribution >= 4 is 23.4 Å². The predicted octanol–water partition coefficient (Wildman–Crippen LogP) is 4.26. The topological polar surface area (TPSA) is 67.7 Å². The fourth-order valence-corrected chi connectivity index (χ4v) is 4.94. The Kier molecular flexibility index (Phi) is 7.58. The van der Waals surface area contributed by atoms with Gasteiger partial charge in [0.2, 0.25) is 5.91 Å². The summed E-state index contributed by atoms with van der Waals surface area (Å²) in [5.41, 5.74) is 0.310. The Labute approximate surface area is 200 Å². The molecule has 0 N–H and O–H groups in total. The van der Waals surface area contributed by atoms with E-state index in [-0.39, 0.29) is 17.2 Å². The van der Waals surface area contributed by atoms with Crippen molar-refractivity contribution < 1.29 is 14.3 Å². The van der Waals surface area contributed by atoms with Crippen LogP contribution in [0.15, 0.2) is 36.7 Å². The molecular formula is C25H33ClN4O3. The SMILES string of the molecule is CCn1cc(C(=O)N2CCC(COc3cccc(Cl)c3)(CC(=O)N3CCCCC3)CC2)cn1. The van der Waals surface area contributed by atoms with Crippen LogP contribution in [0, 0.1) is 5.41 Å². The Hall–Kier alpha value is -2.54. The molecule has 1 aromatic carbocycles. The zero-order valence-corrected chi connectivity index (χ0v) is 20.1. The molecule has 3 heterocycles. The van der Waals surface area contributed by atoms with Crippen LogP contribution >= 0.6 is 11.6 Å². The number of hydrogen-bond donors (Lipinski definition) is 0. The Morgan fingerprint density at radius 3 is 2.52 bits per heavy atom. The lowest BCUT2D eigenvalue weighted by Crippen LogP contribution is -2.48. The van der Waals surface area contributed by atoms with E-state index in [4.69, 9.17) is 16.3 Å². The van der Waals surface area contributed by atoms with Gasteiger partial charge in [-0.05, 0) is 57.2 Å². The van der Waals surface area contributed by atoms with Crippen LogP contribution in [-0.2, 0) is 11.3 Å². The first-order valence-electron chi connectivity index (χ1n) is 12.0. The van der Waals surface area contributed by atoms with Crippen LogP contribution in [0.5, 0.6) is 5.75 Å². The van der Waals surface area contributed by atoms with Crippen LogP contribution in [-0.4, -0.2) is 64.2 Å². The Morgan fingerprint density at radius 1 is 1.09 bits per heavy atom. The van der Waals surface area contributed by atoms with Gasteiger partial charge in [-0.15, -0.1) is 0 Å². The summed E-state index contributed by atoms with van der Waals surface area (Å²) in [5.74, 6) is 0.910. The number of carbonyl (C=O) groups is 2. The normalized spacial score (nSPS) is 18.2. The van der Waals surface area contributed by atoms with Crippen molar-refractivity contribution in [3.63, 3.8) is 0 Å². The van der Waals surface area contributed by atoms with Gasteiger partial charge in [-0.25, -0.2) is 0 Å². The average molecular weight is 473 g/mol. The molecule has 0 spiro atoms. The molecule has 2 aliphatic heterocycles. The molecule has 0 unspecified atom stereocenters. The third kappa shape index (κ3) is 5.88. The lowest BCUT2D eigenvalue weighted by atomic mass is 9.75. The van der Waals surface area contributed by atoms with E-state index in [1.54, 1.807) is 23.1 Å². The quantitative estimate of drug-likeness (QED) is 0.603. The first-order chi connectivity index (χ1) is 16.0. The summed E-state index contributed by atoms with van der Waals surface area (Å²) in [5, 5.41) is 4.85. The minimum Gasteiger partial charge on any atom is -0.493 e.